The van der Waals surface area contributed by atoms with E-state index in [1.165, 1.54) is 17.0 Å². The van der Waals surface area contributed by atoms with Gasteiger partial charge < -0.3 is 14.3 Å². The molecule has 10 nitrogen and oxygen atoms in total. The Labute approximate surface area is 245 Å². The van der Waals surface area contributed by atoms with Crippen molar-refractivity contribution in [3.63, 3.8) is 0 Å². The topological polar surface area (TPSA) is 123 Å². The van der Waals surface area contributed by atoms with Crippen LogP contribution in [-0.2, 0) is 11.3 Å². The van der Waals surface area contributed by atoms with Crippen molar-refractivity contribution in [2.75, 3.05) is 13.1 Å². The molecule has 1 aromatic heterocycles. The minimum absolute atomic E-state index is 0.0638. The summed E-state index contributed by atoms with van der Waals surface area (Å²) in [5, 5.41) is 15.8. The standard InChI is InChI=1S/C29H25Cl2N5O5/c30-21-11-9-20(10-12-21)27-32-28(41-33-27)25-8-4-5-15-35(25)26(37)18-34(17-19-6-2-1-3-7-19)29(38)23-14-13-22(36(39)40)16-24(23)31/h1-3,6-7,9-14,16,25H,4-5,8,15,17-18H2/t25-/m1/s1. The number of aromatic nitrogens is 2. The second-order valence-electron chi connectivity index (χ2n) is 9.63. The molecule has 0 radical (unpaired) electrons. The summed E-state index contributed by atoms with van der Waals surface area (Å²) in [5.74, 6) is -0.0904. The lowest BCUT2D eigenvalue weighted by molar-refractivity contribution is -0.384. The molecule has 0 N–H and O–H groups in total. The Morgan fingerprint density at radius 1 is 1.05 bits per heavy atom. The number of rotatable bonds is 8. The summed E-state index contributed by atoms with van der Waals surface area (Å²) in [6.45, 7) is 0.363. The lowest BCUT2D eigenvalue weighted by atomic mass is 10.0. The summed E-state index contributed by atoms with van der Waals surface area (Å²) in [5.41, 5.74) is 1.38. The number of halogens is 2. The highest BCUT2D eigenvalue weighted by Gasteiger charge is 2.34. The number of piperidine rings is 1. The Balaban J connectivity index is 1.39. The maximum atomic E-state index is 13.8. The Kier molecular flexibility index (Phi) is 8.61. The van der Waals surface area contributed by atoms with Gasteiger partial charge in [-0.1, -0.05) is 58.7 Å². The molecule has 4 aromatic rings. The summed E-state index contributed by atoms with van der Waals surface area (Å²) in [7, 11) is 0. The minimum Gasteiger partial charge on any atom is -0.337 e. The molecule has 41 heavy (non-hydrogen) atoms. The summed E-state index contributed by atoms with van der Waals surface area (Å²) < 4.78 is 5.59. The number of hydrogen-bond donors (Lipinski definition) is 0. The number of amides is 2. The fraction of sp³-hybridized carbons (Fsp3) is 0.241. The van der Waals surface area contributed by atoms with Crippen molar-refractivity contribution in [2.45, 2.75) is 31.8 Å². The second kappa shape index (κ2) is 12.5. The molecule has 2 heterocycles. The molecule has 2 amide bonds. The van der Waals surface area contributed by atoms with Crippen molar-refractivity contribution in [3.8, 4) is 11.4 Å². The highest BCUT2D eigenvalue weighted by molar-refractivity contribution is 6.34. The van der Waals surface area contributed by atoms with E-state index in [0.29, 0.717) is 29.7 Å². The highest BCUT2D eigenvalue weighted by atomic mass is 35.5. The van der Waals surface area contributed by atoms with Gasteiger partial charge in [0.1, 0.15) is 12.6 Å². The Bertz CT molecular complexity index is 1560. The van der Waals surface area contributed by atoms with Crippen LogP contribution in [0.5, 0.6) is 0 Å². The molecule has 0 spiro atoms. The lowest BCUT2D eigenvalue weighted by Gasteiger charge is -2.35. The van der Waals surface area contributed by atoms with Crippen LogP contribution in [0.15, 0.2) is 77.3 Å². The molecule has 0 saturated carbocycles. The highest BCUT2D eigenvalue weighted by Crippen LogP contribution is 2.32. The smallest absolute Gasteiger partial charge is 0.270 e. The third kappa shape index (κ3) is 6.55. The zero-order valence-electron chi connectivity index (χ0n) is 21.8. The summed E-state index contributed by atoms with van der Waals surface area (Å²) in [4.78, 5) is 45.6. The molecule has 0 bridgehead atoms. The normalized spacial score (nSPS) is 15.0. The van der Waals surface area contributed by atoms with Gasteiger partial charge >= 0.3 is 0 Å². The van der Waals surface area contributed by atoms with Crippen LogP contribution in [0.4, 0.5) is 5.69 Å². The number of non-ortho nitro benzene ring substituents is 1. The van der Waals surface area contributed by atoms with Crippen LogP contribution in [-0.4, -0.2) is 49.8 Å². The maximum absolute atomic E-state index is 13.8. The monoisotopic (exact) mass is 593 g/mol. The van der Waals surface area contributed by atoms with E-state index in [0.717, 1.165) is 30.0 Å². The molecule has 210 valence electrons. The lowest BCUT2D eigenvalue weighted by Crippen LogP contribution is -2.46. The molecular formula is C29H25Cl2N5O5. The van der Waals surface area contributed by atoms with E-state index in [4.69, 9.17) is 27.7 Å². The van der Waals surface area contributed by atoms with Gasteiger partial charge in [0.2, 0.25) is 17.6 Å². The maximum Gasteiger partial charge on any atom is 0.270 e. The summed E-state index contributed by atoms with van der Waals surface area (Å²) in [6.07, 6.45) is 2.30. The van der Waals surface area contributed by atoms with E-state index in [9.17, 15) is 19.7 Å². The number of carbonyl (C=O) groups is 2. The molecular weight excluding hydrogens is 569 g/mol. The molecule has 3 aromatic carbocycles. The van der Waals surface area contributed by atoms with Crippen molar-refractivity contribution in [1.29, 1.82) is 0 Å². The number of likely N-dealkylation sites (tertiary alicyclic amines) is 1. The average molecular weight is 594 g/mol. The van der Waals surface area contributed by atoms with Crippen LogP contribution in [0, 0.1) is 10.1 Å². The van der Waals surface area contributed by atoms with Gasteiger partial charge in [0.05, 0.1) is 15.5 Å². The van der Waals surface area contributed by atoms with E-state index in [-0.39, 0.29) is 35.3 Å². The van der Waals surface area contributed by atoms with Gasteiger partial charge in [0, 0.05) is 35.8 Å². The molecule has 5 rings (SSSR count). The first-order valence-corrected chi connectivity index (χ1v) is 13.7. The first kappa shape index (κ1) is 28.3. The van der Waals surface area contributed by atoms with Crippen LogP contribution in [0.1, 0.15) is 47.1 Å². The van der Waals surface area contributed by atoms with Gasteiger partial charge in [-0.05, 0) is 55.2 Å². The van der Waals surface area contributed by atoms with E-state index >= 15 is 0 Å². The predicted octanol–water partition coefficient (Wildman–Crippen LogP) is 6.35. The molecule has 1 aliphatic rings. The first-order chi connectivity index (χ1) is 19.8. The third-order valence-electron chi connectivity index (χ3n) is 6.88. The minimum atomic E-state index is -0.586. The van der Waals surface area contributed by atoms with Crippen LogP contribution in [0.2, 0.25) is 10.0 Å². The molecule has 0 unspecified atom stereocenters. The average Bonchev–Trinajstić information content (AvgIpc) is 3.47. The fourth-order valence-corrected chi connectivity index (χ4v) is 5.17. The van der Waals surface area contributed by atoms with Crippen molar-refractivity contribution >= 4 is 40.7 Å². The fourth-order valence-electron chi connectivity index (χ4n) is 4.79. The molecule has 1 saturated heterocycles. The van der Waals surface area contributed by atoms with Gasteiger partial charge in [-0.3, -0.25) is 19.7 Å². The van der Waals surface area contributed by atoms with Crippen LogP contribution in [0.3, 0.4) is 0 Å². The van der Waals surface area contributed by atoms with Gasteiger partial charge in [0.25, 0.3) is 11.6 Å². The number of nitro groups is 1. The van der Waals surface area contributed by atoms with Crippen molar-refractivity contribution in [3.05, 3.63) is 110 Å². The zero-order chi connectivity index (χ0) is 28.9. The Morgan fingerprint density at radius 2 is 1.80 bits per heavy atom. The molecule has 0 aliphatic carbocycles. The number of carbonyl (C=O) groups excluding carboxylic acids is 2. The Morgan fingerprint density at radius 3 is 2.51 bits per heavy atom. The second-order valence-corrected chi connectivity index (χ2v) is 10.5. The Hall–Kier alpha value is -4.28. The number of benzene rings is 3. The van der Waals surface area contributed by atoms with Crippen molar-refractivity contribution in [2.24, 2.45) is 0 Å². The quantitative estimate of drug-likeness (QED) is 0.172. The zero-order valence-corrected chi connectivity index (χ0v) is 23.3. The summed E-state index contributed by atoms with van der Waals surface area (Å²) in [6, 6.07) is 19.5. The van der Waals surface area contributed by atoms with E-state index < -0.39 is 16.9 Å². The molecule has 1 fully saturated rings. The van der Waals surface area contributed by atoms with Gasteiger partial charge in [0.15, 0.2) is 0 Å². The number of hydrogen-bond acceptors (Lipinski definition) is 7. The first-order valence-electron chi connectivity index (χ1n) is 13.0. The van der Waals surface area contributed by atoms with Crippen molar-refractivity contribution in [1.82, 2.24) is 19.9 Å². The van der Waals surface area contributed by atoms with E-state index in [1.807, 2.05) is 30.3 Å². The predicted molar refractivity (Wildman–Crippen MR) is 152 cm³/mol. The van der Waals surface area contributed by atoms with E-state index in [1.54, 1.807) is 29.2 Å². The third-order valence-corrected chi connectivity index (χ3v) is 7.44. The largest absolute Gasteiger partial charge is 0.337 e. The van der Waals surface area contributed by atoms with Crippen LogP contribution >= 0.6 is 23.2 Å². The molecule has 12 heteroatoms. The van der Waals surface area contributed by atoms with Gasteiger partial charge in [-0.2, -0.15) is 4.98 Å². The van der Waals surface area contributed by atoms with Crippen molar-refractivity contribution < 1.29 is 19.0 Å². The number of nitrogens with zero attached hydrogens (tertiary/aromatic N) is 5. The summed E-state index contributed by atoms with van der Waals surface area (Å²) >= 11 is 12.3. The molecule has 1 aliphatic heterocycles. The number of nitro benzene ring substituents is 1. The van der Waals surface area contributed by atoms with Gasteiger partial charge in [-0.15, -0.1) is 0 Å². The van der Waals surface area contributed by atoms with Crippen LogP contribution < -0.4 is 0 Å². The van der Waals surface area contributed by atoms with Crippen LogP contribution in [0.25, 0.3) is 11.4 Å². The molecule has 1 atom stereocenters. The SMILES string of the molecule is O=C(c1ccc([N+](=O)[O-])cc1Cl)N(CC(=O)N1CCCC[C@@H]1c1nc(-c2ccc(Cl)cc2)no1)Cc1ccccc1. The van der Waals surface area contributed by atoms with E-state index in [2.05, 4.69) is 10.1 Å². The van der Waals surface area contributed by atoms with Gasteiger partial charge in [-0.25, -0.2) is 0 Å².